The molecule has 1 aromatic heterocycles. The Hall–Kier alpha value is -3.39. The summed E-state index contributed by atoms with van der Waals surface area (Å²) in [5.74, 6) is -1.99. The van der Waals surface area contributed by atoms with Crippen LogP contribution in [0, 0.1) is 5.92 Å². The molecule has 184 valence electrons. The number of allylic oxidation sites excluding steroid dienone is 1. The molecule has 1 aromatic rings. The summed E-state index contributed by atoms with van der Waals surface area (Å²) >= 11 is 2.34. The lowest BCUT2D eigenvalue weighted by Gasteiger charge is -2.49. The number of thioether (sulfide) groups is 1. The van der Waals surface area contributed by atoms with Crippen LogP contribution in [0.4, 0.5) is 5.13 Å². The number of carboxylic acids is 1. The first-order valence-electron chi connectivity index (χ1n) is 10.9. The van der Waals surface area contributed by atoms with E-state index in [1.165, 1.54) is 17.1 Å². The number of nitrogen functional groups attached to an aromatic ring is 1. The molecular formula is C21H22N6O6S2. The van der Waals surface area contributed by atoms with Crippen LogP contribution in [0.25, 0.3) is 0 Å². The van der Waals surface area contributed by atoms with Crippen LogP contribution in [0.1, 0.15) is 25.0 Å². The van der Waals surface area contributed by atoms with Gasteiger partial charge in [-0.1, -0.05) is 5.16 Å². The van der Waals surface area contributed by atoms with Crippen molar-refractivity contribution in [3.05, 3.63) is 34.0 Å². The number of aromatic nitrogens is 1. The third-order valence-corrected chi connectivity index (χ3v) is 8.28. The number of carbonyl (C=O) groups excluding carboxylic acids is 3. The van der Waals surface area contributed by atoms with Gasteiger partial charge in [0.2, 0.25) is 5.91 Å². The van der Waals surface area contributed by atoms with Crippen molar-refractivity contribution >= 4 is 57.6 Å². The Balaban J connectivity index is 1.32. The molecule has 5 rings (SSSR count). The van der Waals surface area contributed by atoms with Crippen molar-refractivity contribution in [1.82, 2.24) is 20.1 Å². The molecule has 1 aliphatic carbocycles. The summed E-state index contributed by atoms with van der Waals surface area (Å²) in [4.78, 5) is 57.2. The summed E-state index contributed by atoms with van der Waals surface area (Å²) in [6, 6.07) is -1.01. The van der Waals surface area contributed by atoms with Crippen LogP contribution in [0.5, 0.6) is 0 Å². The van der Waals surface area contributed by atoms with E-state index in [1.54, 1.807) is 11.0 Å². The highest BCUT2D eigenvalue weighted by Crippen LogP contribution is 2.41. The zero-order valence-electron chi connectivity index (χ0n) is 18.3. The molecule has 14 heteroatoms. The first-order valence-corrected chi connectivity index (χ1v) is 12.9. The van der Waals surface area contributed by atoms with Crippen LogP contribution < -0.4 is 11.1 Å². The number of likely N-dealkylation sites (tertiary alicyclic amines) is 1. The third kappa shape index (κ3) is 4.27. The van der Waals surface area contributed by atoms with Gasteiger partial charge in [-0.3, -0.25) is 19.3 Å². The number of rotatable bonds is 7. The number of anilines is 1. The van der Waals surface area contributed by atoms with Gasteiger partial charge in [0.05, 0.1) is 0 Å². The lowest BCUT2D eigenvalue weighted by molar-refractivity contribution is -0.150. The summed E-state index contributed by atoms with van der Waals surface area (Å²) in [5, 5.41) is 25.6. The smallest absolute Gasteiger partial charge is 0.352 e. The number of amides is 3. The second-order valence-corrected chi connectivity index (χ2v) is 10.7. The number of aliphatic carboxylic acids is 1. The van der Waals surface area contributed by atoms with Gasteiger partial charge in [0, 0.05) is 29.8 Å². The summed E-state index contributed by atoms with van der Waals surface area (Å²) < 4.78 is 0. The highest BCUT2D eigenvalue weighted by atomic mass is 32.2. The topological polar surface area (TPSA) is 179 Å². The van der Waals surface area contributed by atoms with Gasteiger partial charge in [0.15, 0.2) is 10.8 Å². The van der Waals surface area contributed by atoms with Crippen molar-refractivity contribution < 1.29 is 29.5 Å². The summed E-state index contributed by atoms with van der Waals surface area (Å²) in [6.45, 7) is 1.35. The van der Waals surface area contributed by atoms with E-state index >= 15 is 0 Å². The molecule has 2 atom stereocenters. The quantitative estimate of drug-likeness (QED) is 0.129. The standard InChI is InChI=1S/C21H22N6O6S2/c22-21-23-12(8-35-21)13(25-33)16(28)24-14-18(30)27-15(20(31)32)11(7-34-19(14)27)5-10-3-4-26(17(10)29)6-9-1-2-9/h5,8-9,14,19,33H,1-4,6-7H2,(H2,22,23)(H,24,28)(H,31,32)/b10-5?,25-13-/t14-,19-/m1/s1. The van der Waals surface area contributed by atoms with Crippen molar-refractivity contribution in [1.29, 1.82) is 0 Å². The van der Waals surface area contributed by atoms with Gasteiger partial charge in [0.1, 0.15) is 22.8 Å². The third-order valence-electron chi connectivity index (χ3n) is 6.30. The van der Waals surface area contributed by atoms with Crippen LogP contribution in [0.3, 0.4) is 0 Å². The number of hydrogen-bond acceptors (Lipinski definition) is 10. The molecule has 4 heterocycles. The van der Waals surface area contributed by atoms with Crippen molar-refractivity contribution in [2.45, 2.75) is 30.7 Å². The Morgan fingerprint density at radius 2 is 2.11 bits per heavy atom. The van der Waals surface area contributed by atoms with Crippen molar-refractivity contribution in [3.8, 4) is 0 Å². The number of thiazole rings is 1. The monoisotopic (exact) mass is 518 g/mol. The average molecular weight is 519 g/mol. The fourth-order valence-corrected chi connectivity index (χ4v) is 6.22. The predicted octanol–water partition coefficient (Wildman–Crippen LogP) is 0.211. The lowest BCUT2D eigenvalue weighted by atomic mass is 10.0. The number of nitrogens with two attached hydrogens (primary N) is 1. The largest absolute Gasteiger partial charge is 0.477 e. The molecule has 2 saturated heterocycles. The van der Waals surface area contributed by atoms with Gasteiger partial charge in [0.25, 0.3) is 11.8 Å². The minimum atomic E-state index is -1.28. The van der Waals surface area contributed by atoms with Crippen LogP contribution in [-0.2, 0) is 19.2 Å². The summed E-state index contributed by atoms with van der Waals surface area (Å²) in [5.41, 5.74) is 5.97. The van der Waals surface area contributed by atoms with Gasteiger partial charge in [-0.2, -0.15) is 0 Å². The highest BCUT2D eigenvalue weighted by Gasteiger charge is 2.54. The Labute approximate surface area is 207 Å². The van der Waals surface area contributed by atoms with Crippen LogP contribution in [-0.4, -0.2) is 84.8 Å². The number of β-lactam (4-membered cyclic amide) rings is 1. The fourth-order valence-electron chi connectivity index (χ4n) is 4.37. The summed E-state index contributed by atoms with van der Waals surface area (Å²) in [7, 11) is 0. The molecule has 35 heavy (non-hydrogen) atoms. The van der Waals surface area contributed by atoms with Crippen LogP contribution in [0.15, 0.2) is 33.5 Å². The lowest BCUT2D eigenvalue weighted by Crippen LogP contribution is -2.71. The van der Waals surface area contributed by atoms with Gasteiger partial charge in [-0.15, -0.1) is 23.1 Å². The first kappa shape index (κ1) is 23.4. The number of carboxylic acid groups (broad SMARTS) is 1. The highest BCUT2D eigenvalue weighted by molar-refractivity contribution is 8.00. The van der Waals surface area contributed by atoms with Gasteiger partial charge >= 0.3 is 5.97 Å². The van der Waals surface area contributed by atoms with E-state index in [1.807, 2.05) is 0 Å². The van der Waals surface area contributed by atoms with E-state index < -0.39 is 34.9 Å². The maximum absolute atomic E-state index is 12.9. The number of carbonyl (C=O) groups is 4. The van der Waals surface area contributed by atoms with Gasteiger partial charge < -0.3 is 26.3 Å². The maximum atomic E-state index is 12.9. The molecule has 3 aliphatic heterocycles. The average Bonchev–Trinajstić information content (AvgIpc) is 3.46. The Morgan fingerprint density at radius 3 is 2.74 bits per heavy atom. The number of fused-ring (bicyclic) bond motifs is 1. The number of hydrogen-bond donors (Lipinski definition) is 4. The normalized spacial score (nSPS) is 25.7. The predicted molar refractivity (Wildman–Crippen MR) is 127 cm³/mol. The molecule has 4 aliphatic rings. The molecule has 12 nitrogen and oxygen atoms in total. The van der Waals surface area contributed by atoms with E-state index in [2.05, 4.69) is 15.5 Å². The van der Waals surface area contributed by atoms with Crippen LogP contribution >= 0.6 is 23.1 Å². The Kier molecular flexibility index (Phi) is 6.01. The molecule has 0 bridgehead atoms. The van der Waals surface area contributed by atoms with E-state index in [-0.39, 0.29) is 28.2 Å². The molecule has 0 radical (unpaired) electrons. The Bertz CT molecular complexity index is 1220. The molecule has 0 spiro atoms. The number of nitrogens with one attached hydrogen (secondary N) is 1. The fraction of sp³-hybridized carbons (Fsp3) is 0.429. The van der Waals surface area contributed by atoms with Crippen molar-refractivity contribution in [2.24, 2.45) is 11.1 Å². The van der Waals surface area contributed by atoms with E-state index in [4.69, 9.17) is 5.73 Å². The molecule has 0 aromatic carbocycles. The van der Waals surface area contributed by atoms with Crippen LogP contribution in [0.2, 0.25) is 0 Å². The molecule has 5 N–H and O–H groups in total. The second-order valence-electron chi connectivity index (χ2n) is 8.67. The SMILES string of the molecule is Nc1nc(/C(=N/O)C(=O)N[C@@H]2C(=O)N3C(C(=O)O)=C(C=C4CCN(CC5CC5)C4=O)CS[C@H]23)cs1. The van der Waals surface area contributed by atoms with E-state index in [9.17, 15) is 29.5 Å². The maximum Gasteiger partial charge on any atom is 0.352 e. The minimum Gasteiger partial charge on any atom is -0.477 e. The molecule has 0 unspecified atom stereocenters. The van der Waals surface area contributed by atoms with Crippen molar-refractivity contribution in [2.75, 3.05) is 24.6 Å². The van der Waals surface area contributed by atoms with Crippen molar-refractivity contribution in [3.63, 3.8) is 0 Å². The first-order chi connectivity index (χ1) is 16.8. The van der Waals surface area contributed by atoms with Gasteiger partial charge in [-0.25, -0.2) is 9.78 Å². The molecule has 3 amide bonds. The van der Waals surface area contributed by atoms with Gasteiger partial charge in [-0.05, 0) is 36.8 Å². The number of oxime groups is 1. The molecule has 1 saturated carbocycles. The Morgan fingerprint density at radius 1 is 1.34 bits per heavy atom. The zero-order chi connectivity index (χ0) is 24.9. The molecular weight excluding hydrogens is 496 g/mol. The second kappa shape index (κ2) is 9.00. The number of nitrogens with zero attached hydrogens (tertiary/aromatic N) is 4. The summed E-state index contributed by atoms with van der Waals surface area (Å²) in [6.07, 6.45) is 4.40. The van der Waals surface area contributed by atoms with E-state index in [0.29, 0.717) is 30.0 Å². The van der Waals surface area contributed by atoms with E-state index in [0.717, 1.165) is 35.6 Å². The molecule has 3 fully saturated rings. The minimum absolute atomic E-state index is 0.0596. The zero-order valence-corrected chi connectivity index (χ0v) is 20.0.